The summed E-state index contributed by atoms with van der Waals surface area (Å²) >= 11 is 0. The Bertz CT molecular complexity index is 483. The number of hydrogen-bond donors (Lipinski definition) is 2. The molecule has 0 spiro atoms. The molecule has 78 valence electrons. The van der Waals surface area contributed by atoms with Gasteiger partial charge in [0.25, 0.3) is 0 Å². The van der Waals surface area contributed by atoms with Crippen LogP contribution in [0.15, 0.2) is 34.9 Å². The van der Waals surface area contributed by atoms with Gasteiger partial charge in [-0.1, -0.05) is 18.2 Å². The van der Waals surface area contributed by atoms with Crippen LogP contribution in [-0.2, 0) is 5.60 Å². The summed E-state index contributed by atoms with van der Waals surface area (Å²) in [7, 11) is 0. The van der Waals surface area contributed by atoms with Crippen LogP contribution in [0.25, 0.3) is 11.0 Å². The van der Waals surface area contributed by atoms with Gasteiger partial charge in [-0.3, -0.25) is 0 Å². The van der Waals surface area contributed by atoms with E-state index in [9.17, 15) is 5.11 Å². The fraction of sp³-hybridized carbons (Fsp3) is 0.333. The zero-order chi connectivity index (χ0) is 10.3. The largest absolute Gasteiger partial charge is 0.464 e. The highest BCUT2D eigenvalue weighted by Gasteiger charge is 2.35. The molecule has 1 unspecified atom stereocenters. The second-order valence-electron chi connectivity index (χ2n) is 4.10. The Kier molecular flexibility index (Phi) is 1.84. The lowest BCUT2D eigenvalue weighted by molar-refractivity contribution is 0.0594. The van der Waals surface area contributed by atoms with Crippen molar-refractivity contribution in [3.63, 3.8) is 0 Å². The molecule has 3 nitrogen and oxygen atoms in total. The fourth-order valence-electron chi connectivity index (χ4n) is 2.25. The van der Waals surface area contributed by atoms with E-state index >= 15 is 0 Å². The zero-order valence-corrected chi connectivity index (χ0v) is 8.36. The van der Waals surface area contributed by atoms with Crippen LogP contribution in [0.2, 0.25) is 0 Å². The third-order valence-corrected chi connectivity index (χ3v) is 3.12. The SMILES string of the molecule is OC1(c2coc3ccccc23)CCNC1. The summed E-state index contributed by atoms with van der Waals surface area (Å²) in [6.07, 6.45) is 2.42. The smallest absolute Gasteiger partial charge is 0.134 e. The monoisotopic (exact) mass is 203 g/mol. The van der Waals surface area contributed by atoms with Crippen LogP contribution in [0.1, 0.15) is 12.0 Å². The molecule has 0 saturated carbocycles. The van der Waals surface area contributed by atoms with Gasteiger partial charge in [-0.15, -0.1) is 0 Å². The third kappa shape index (κ3) is 1.28. The molecule has 1 fully saturated rings. The molecule has 2 aromatic rings. The lowest BCUT2D eigenvalue weighted by atomic mass is 9.93. The predicted octanol–water partition coefficient (Wildman–Crippen LogP) is 1.61. The summed E-state index contributed by atoms with van der Waals surface area (Å²) in [5, 5.41) is 14.6. The van der Waals surface area contributed by atoms with Crippen molar-refractivity contribution in [1.29, 1.82) is 0 Å². The fourth-order valence-corrected chi connectivity index (χ4v) is 2.25. The Hall–Kier alpha value is -1.32. The molecule has 1 atom stereocenters. The van der Waals surface area contributed by atoms with E-state index in [1.54, 1.807) is 6.26 Å². The topological polar surface area (TPSA) is 45.4 Å². The first-order valence-electron chi connectivity index (χ1n) is 5.19. The summed E-state index contributed by atoms with van der Waals surface area (Å²) < 4.78 is 5.44. The molecular weight excluding hydrogens is 190 g/mol. The molecular formula is C12H13NO2. The molecule has 2 heterocycles. The molecule has 1 aromatic carbocycles. The predicted molar refractivity (Wildman–Crippen MR) is 57.6 cm³/mol. The number of rotatable bonds is 1. The number of β-amino-alcohol motifs (C(OH)–C–C–N with tert-alkyl or cyclic N) is 1. The summed E-state index contributed by atoms with van der Waals surface area (Å²) in [6, 6.07) is 7.81. The van der Waals surface area contributed by atoms with Gasteiger partial charge in [0.15, 0.2) is 0 Å². The number of hydrogen-bond acceptors (Lipinski definition) is 3. The minimum Gasteiger partial charge on any atom is -0.464 e. The third-order valence-electron chi connectivity index (χ3n) is 3.12. The minimum atomic E-state index is -0.757. The molecule has 1 aliphatic heterocycles. The number of fused-ring (bicyclic) bond motifs is 1. The van der Waals surface area contributed by atoms with Gasteiger partial charge in [0.05, 0.1) is 6.26 Å². The van der Waals surface area contributed by atoms with Crippen LogP contribution in [0.3, 0.4) is 0 Å². The maximum Gasteiger partial charge on any atom is 0.134 e. The Morgan fingerprint density at radius 1 is 1.33 bits per heavy atom. The first-order valence-corrected chi connectivity index (χ1v) is 5.19. The molecule has 3 heteroatoms. The van der Waals surface area contributed by atoms with Gasteiger partial charge in [0.2, 0.25) is 0 Å². The highest BCUT2D eigenvalue weighted by molar-refractivity contribution is 5.81. The maximum atomic E-state index is 10.4. The molecule has 1 saturated heterocycles. The second kappa shape index (κ2) is 3.08. The van der Waals surface area contributed by atoms with Crippen molar-refractivity contribution in [2.75, 3.05) is 13.1 Å². The quantitative estimate of drug-likeness (QED) is 0.740. The van der Waals surface area contributed by atoms with Crippen LogP contribution < -0.4 is 5.32 Å². The molecule has 3 rings (SSSR count). The number of furan rings is 1. The number of aliphatic hydroxyl groups is 1. The highest BCUT2D eigenvalue weighted by Crippen LogP contribution is 2.34. The Labute approximate surface area is 87.7 Å². The van der Waals surface area contributed by atoms with Crippen LogP contribution in [0, 0.1) is 0 Å². The average molecular weight is 203 g/mol. The van der Waals surface area contributed by atoms with E-state index in [2.05, 4.69) is 5.32 Å². The van der Waals surface area contributed by atoms with Gasteiger partial charge in [-0.25, -0.2) is 0 Å². The number of para-hydroxylation sites is 1. The van der Waals surface area contributed by atoms with Gasteiger partial charge >= 0.3 is 0 Å². The van der Waals surface area contributed by atoms with E-state index in [1.807, 2.05) is 24.3 Å². The summed E-state index contributed by atoms with van der Waals surface area (Å²) in [6.45, 7) is 1.46. The van der Waals surface area contributed by atoms with E-state index in [-0.39, 0.29) is 0 Å². The van der Waals surface area contributed by atoms with E-state index in [0.29, 0.717) is 6.54 Å². The van der Waals surface area contributed by atoms with Crippen molar-refractivity contribution >= 4 is 11.0 Å². The molecule has 0 bridgehead atoms. The Morgan fingerprint density at radius 3 is 3.00 bits per heavy atom. The lowest BCUT2D eigenvalue weighted by Gasteiger charge is -2.19. The van der Waals surface area contributed by atoms with E-state index < -0.39 is 5.60 Å². The second-order valence-corrected chi connectivity index (χ2v) is 4.10. The van der Waals surface area contributed by atoms with E-state index in [4.69, 9.17) is 4.42 Å². The molecule has 0 radical (unpaired) electrons. The van der Waals surface area contributed by atoms with E-state index in [0.717, 1.165) is 29.5 Å². The standard InChI is InChI=1S/C12H13NO2/c14-12(5-6-13-8-12)10-7-15-11-4-2-1-3-9(10)11/h1-4,7,13-14H,5-6,8H2. The van der Waals surface area contributed by atoms with Gasteiger partial charge in [-0.2, -0.15) is 0 Å². The van der Waals surface area contributed by atoms with Gasteiger partial charge in [0.1, 0.15) is 11.2 Å². The van der Waals surface area contributed by atoms with Crippen molar-refractivity contribution in [2.24, 2.45) is 0 Å². The van der Waals surface area contributed by atoms with Crippen molar-refractivity contribution in [1.82, 2.24) is 5.32 Å². The first kappa shape index (κ1) is 8.95. The van der Waals surface area contributed by atoms with Gasteiger partial charge in [-0.05, 0) is 19.0 Å². The summed E-state index contributed by atoms with van der Waals surface area (Å²) in [4.78, 5) is 0. The van der Waals surface area contributed by atoms with Crippen LogP contribution in [0.5, 0.6) is 0 Å². The van der Waals surface area contributed by atoms with Crippen LogP contribution in [0.4, 0.5) is 0 Å². The number of nitrogens with one attached hydrogen (secondary N) is 1. The summed E-state index contributed by atoms with van der Waals surface area (Å²) in [5.41, 5.74) is 0.989. The maximum absolute atomic E-state index is 10.4. The summed E-state index contributed by atoms with van der Waals surface area (Å²) in [5.74, 6) is 0. The Balaban J connectivity index is 2.18. The minimum absolute atomic E-state index is 0.608. The molecule has 0 amide bonds. The van der Waals surface area contributed by atoms with Crippen molar-refractivity contribution < 1.29 is 9.52 Å². The van der Waals surface area contributed by atoms with Gasteiger partial charge < -0.3 is 14.8 Å². The normalized spacial score (nSPS) is 26.2. The average Bonchev–Trinajstić information content (AvgIpc) is 2.84. The first-order chi connectivity index (χ1) is 7.30. The molecule has 0 aliphatic carbocycles. The van der Waals surface area contributed by atoms with Crippen molar-refractivity contribution in [3.05, 3.63) is 36.1 Å². The van der Waals surface area contributed by atoms with E-state index in [1.165, 1.54) is 0 Å². The zero-order valence-electron chi connectivity index (χ0n) is 8.36. The van der Waals surface area contributed by atoms with Crippen LogP contribution in [-0.4, -0.2) is 18.2 Å². The van der Waals surface area contributed by atoms with Crippen molar-refractivity contribution in [2.45, 2.75) is 12.0 Å². The lowest BCUT2D eigenvalue weighted by Crippen LogP contribution is -2.27. The van der Waals surface area contributed by atoms with Crippen molar-refractivity contribution in [3.8, 4) is 0 Å². The Morgan fingerprint density at radius 2 is 2.20 bits per heavy atom. The molecule has 15 heavy (non-hydrogen) atoms. The highest BCUT2D eigenvalue weighted by atomic mass is 16.3. The molecule has 1 aliphatic rings. The number of benzene rings is 1. The molecule has 1 aromatic heterocycles. The van der Waals surface area contributed by atoms with Gasteiger partial charge in [0, 0.05) is 17.5 Å². The molecule has 2 N–H and O–H groups in total. The van der Waals surface area contributed by atoms with Crippen LogP contribution >= 0.6 is 0 Å².